The third-order valence-corrected chi connectivity index (χ3v) is 6.56. The summed E-state index contributed by atoms with van der Waals surface area (Å²) < 4.78 is 72.0. The maximum absolute atomic E-state index is 13.4. The highest BCUT2D eigenvalue weighted by molar-refractivity contribution is 7.99. The zero-order valence-electron chi connectivity index (χ0n) is 17.8. The molecule has 0 radical (unpaired) electrons. The summed E-state index contributed by atoms with van der Waals surface area (Å²) in [5, 5.41) is 13.7. The van der Waals surface area contributed by atoms with Crippen LogP contribution >= 0.6 is 11.8 Å². The zero-order valence-corrected chi connectivity index (χ0v) is 18.6. The lowest BCUT2D eigenvalue weighted by Gasteiger charge is -2.29. The molecule has 1 fully saturated rings. The third-order valence-electron chi connectivity index (χ3n) is 5.44. The molecule has 0 unspecified atom stereocenters. The summed E-state index contributed by atoms with van der Waals surface area (Å²) in [7, 11) is 0. The molecule has 1 saturated carbocycles. The number of carboxylic acids is 1. The zero-order chi connectivity index (χ0) is 25.1. The van der Waals surface area contributed by atoms with Gasteiger partial charge in [-0.1, -0.05) is 30.3 Å². The lowest BCUT2D eigenvalue weighted by molar-refractivity contribution is -0.192. The smallest absolute Gasteiger partial charge is 0.475 e. The van der Waals surface area contributed by atoms with Crippen molar-refractivity contribution in [1.29, 1.82) is 0 Å². The molecule has 2 aromatic rings. The van der Waals surface area contributed by atoms with E-state index in [0.29, 0.717) is 28.7 Å². The molecule has 1 aliphatic heterocycles. The molecule has 2 aromatic carbocycles. The normalized spacial score (nSPS) is 19.6. The van der Waals surface area contributed by atoms with Crippen LogP contribution in [0.4, 0.5) is 43.4 Å². The van der Waals surface area contributed by atoms with E-state index in [1.807, 2.05) is 24.3 Å². The molecule has 12 heteroatoms. The fraction of sp³-hybridized carbons (Fsp3) is 0.409. The Bertz CT molecular complexity index is 1030. The van der Waals surface area contributed by atoms with Gasteiger partial charge in [-0.3, -0.25) is 0 Å². The van der Waals surface area contributed by atoms with Gasteiger partial charge in [-0.05, 0) is 49.4 Å². The van der Waals surface area contributed by atoms with E-state index >= 15 is 0 Å². The highest BCUT2D eigenvalue weighted by Crippen LogP contribution is 2.49. The van der Waals surface area contributed by atoms with Gasteiger partial charge in [-0.15, -0.1) is 0 Å². The first-order valence-corrected chi connectivity index (χ1v) is 11.2. The van der Waals surface area contributed by atoms with Crippen LogP contribution in [0.5, 0.6) is 0 Å². The molecule has 2 atom stereocenters. The summed E-state index contributed by atoms with van der Waals surface area (Å²) in [4.78, 5) is 10.4. The van der Waals surface area contributed by atoms with E-state index in [1.54, 1.807) is 0 Å². The number of aliphatic carboxylic acids is 1. The summed E-state index contributed by atoms with van der Waals surface area (Å²) in [6.45, 7) is 0.634. The second-order valence-corrected chi connectivity index (χ2v) is 9.18. The lowest BCUT2D eigenvalue weighted by atomic mass is 9.86. The minimum atomic E-state index is -5.08. The fourth-order valence-electron chi connectivity index (χ4n) is 3.81. The van der Waals surface area contributed by atoms with E-state index in [4.69, 9.17) is 15.6 Å². The van der Waals surface area contributed by atoms with E-state index < -0.39 is 23.9 Å². The van der Waals surface area contributed by atoms with Crippen LogP contribution in [0.25, 0.3) is 0 Å². The molecule has 1 aliphatic carbocycles. The molecule has 0 amide bonds. The predicted molar refractivity (Wildman–Crippen MR) is 117 cm³/mol. The first kappa shape index (κ1) is 26.0. The average molecular weight is 508 g/mol. The Morgan fingerprint density at radius 1 is 1.12 bits per heavy atom. The van der Waals surface area contributed by atoms with Gasteiger partial charge in [0, 0.05) is 22.4 Å². The van der Waals surface area contributed by atoms with Gasteiger partial charge >= 0.3 is 18.3 Å². The van der Waals surface area contributed by atoms with Crippen LogP contribution in [-0.4, -0.2) is 29.8 Å². The molecule has 5 N–H and O–H groups in total. The number of benzene rings is 2. The molecule has 186 valence electrons. The van der Waals surface area contributed by atoms with E-state index in [1.165, 1.54) is 23.9 Å². The minimum absolute atomic E-state index is 0.196. The number of rotatable bonds is 3. The highest BCUT2D eigenvalue weighted by atomic mass is 32.2. The molecule has 1 heterocycles. The number of hydrogen-bond acceptors (Lipinski definition) is 5. The second-order valence-electron chi connectivity index (χ2n) is 8.09. The average Bonchev–Trinajstić information content (AvgIpc) is 2.75. The van der Waals surface area contributed by atoms with Crippen molar-refractivity contribution < 1.29 is 36.2 Å². The molecule has 2 aliphatic rings. The summed E-state index contributed by atoms with van der Waals surface area (Å²) in [5.41, 5.74) is 7.55. The number of carboxylic acid groups (broad SMARTS) is 1. The van der Waals surface area contributed by atoms with Crippen LogP contribution < -0.4 is 16.4 Å². The maximum Gasteiger partial charge on any atom is 0.490 e. The molecule has 5 nitrogen and oxygen atoms in total. The number of nitrogens with two attached hydrogens (primary N) is 1. The summed E-state index contributed by atoms with van der Waals surface area (Å²) in [5.74, 6) is -2.37. The monoisotopic (exact) mass is 507 g/mol. The fourth-order valence-corrected chi connectivity index (χ4v) is 4.87. The number of hydrogen-bond donors (Lipinski definition) is 4. The number of fused-ring (bicyclic) bond motifs is 2. The van der Waals surface area contributed by atoms with Crippen LogP contribution in [0.1, 0.15) is 31.2 Å². The van der Waals surface area contributed by atoms with Gasteiger partial charge in [-0.25, -0.2) is 4.79 Å². The molecule has 34 heavy (non-hydrogen) atoms. The van der Waals surface area contributed by atoms with E-state index in [-0.39, 0.29) is 6.04 Å². The van der Waals surface area contributed by atoms with Crippen molar-refractivity contribution in [2.24, 2.45) is 11.7 Å². The van der Waals surface area contributed by atoms with Gasteiger partial charge in [0.05, 0.1) is 22.6 Å². The Hall–Kier alpha value is -2.60. The van der Waals surface area contributed by atoms with Crippen LogP contribution in [0.3, 0.4) is 0 Å². The first-order valence-electron chi connectivity index (χ1n) is 10.4. The van der Waals surface area contributed by atoms with Gasteiger partial charge < -0.3 is 21.5 Å². The van der Waals surface area contributed by atoms with Crippen molar-refractivity contribution in [2.75, 3.05) is 17.2 Å². The number of carbonyl (C=O) groups is 1. The second kappa shape index (κ2) is 10.3. The van der Waals surface area contributed by atoms with Crippen LogP contribution in [-0.2, 0) is 11.0 Å². The SMILES string of the molecule is N[C@H]1CCC[C@H](CNc2cc(C(F)(F)F)cc3c2Nc2ccccc2S3)C1.O=C(O)C(F)(F)F. The molecule has 0 bridgehead atoms. The number of para-hydroxylation sites is 1. The largest absolute Gasteiger partial charge is 0.490 e. The third kappa shape index (κ3) is 6.72. The van der Waals surface area contributed by atoms with E-state index in [9.17, 15) is 26.3 Å². The number of anilines is 3. The molecule has 0 saturated heterocycles. The quantitative estimate of drug-likeness (QED) is 0.304. The predicted octanol–water partition coefficient (Wildman–Crippen LogP) is 6.48. The van der Waals surface area contributed by atoms with Crippen molar-refractivity contribution in [3.63, 3.8) is 0 Å². The first-order chi connectivity index (χ1) is 15.8. The van der Waals surface area contributed by atoms with Crippen LogP contribution in [0.15, 0.2) is 46.2 Å². The molecular weight excluding hydrogens is 484 g/mol. The van der Waals surface area contributed by atoms with Gasteiger partial charge in [0.15, 0.2) is 0 Å². The molecule has 0 spiro atoms. The topological polar surface area (TPSA) is 87.4 Å². The summed E-state index contributed by atoms with van der Waals surface area (Å²) >= 11 is 1.37. The summed E-state index contributed by atoms with van der Waals surface area (Å²) in [6, 6.07) is 10.3. The Morgan fingerprint density at radius 3 is 2.41 bits per heavy atom. The maximum atomic E-state index is 13.4. The Morgan fingerprint density at radius 2 is 1.79 bits per heavy atom. The number of halogens is 6. The van der Waals surface area contributed by atoms with Crippen molar-refractivity contribution in [1.82, 2.24) is 0 Å². The molecule has 0 aromatic heterocycles. The van der Waals surface area contributed by atoms with Crippen LogP contribution in [0, 0.1) is 5.92 Å². The standard InChI is InChI=1S/C20H22F3N3S.C2HF3O2/c21-20(22,23)13-9-16(25-11-12-4-3-5-14(24)8-12)19-18(10-13)27-17-7-2-1-6-15(17)26-19;3-2(4,5)1(6)7/h1-2,6-7,9-10,12,14,25-26H,3-5,8,11,24H2;(H,6,7)/t12-,14-;/m0./s1. The molecular formula is C22H23F6N3O2S. The minimum Gasteiger partial charge on any atom is -0.475 e. The number of alkyl halides is 6. The van der Waals surface area contributed by atoms with Gasteiger partial charge in [0.25, 0.3) is 0 Å². The lowest BCUT2D eigenvalue weighted by Crippen LogP contribution is -2.31. The van der Waals surface area contributed by atoms with Gasteiger partial charge in [-0.2, -0.15) is 26.3 Å². The van der Waals surface area contributed by atoms with Gasteiger partial charge in [0.2, 0.25) is 0 Å². The Kier molecular flexibility index (Phi) is 7.91. The van der Waals surface area contributed by atoms with Crippen molar-refractivity contribution >= 4 is 34.8 Å². The highest BCUT2D eigenvalue weighted by Gasteiger charge is 2.38. The Balaban J connectivity index is 0.000000406. The summed E-state index contributed by atoms with van der Waals surface area (Å²) in [6.07, 6.45) is -5.37. The van der Waals surface area contributed by atoms with Crippen LogP contribution in [0.2, 0.25) is 0 Å². The Labute approximate surface area is 196 Å². The van der Waals surface area contributed by atoms with E-state index in [0.717, 1.165) is 36.3 Å². The van der Waals surface area contributed by atoms with Gasteiger partial charge in [0.1, 0.15) is 0 Å². The van der Waals surface area contributed by atoms with Crippen molar-refractivity contribution in [3.05, 3.63) is 42.0 Å². The molecule has 4 rings (SSSR count). The number of nitrogens with one attached hydrogen (secondary N) is 2. The van der Waals surface area contributed by atoms with Crippen molar-refractivity contribution in [2.45, 2.75) is 53.9 Å². The van der Waals surface area contributed by atoms with E-state index in [2.05, 4.69) is 10.6 Å². The van der Waals surface area contributed by atoms with Crippen molar-refractivity contribution in [3.8, 4) is 0 Å².